The number of carbonyl (C=O) groups is 2. The second-order valence-electron chi connectivity index (χ2n) is 9.23. The van der Waals surface area contributed by atoms with Crippen molar-refractivity contribution in [1.82, 2.24) is 10.2 Å². The molecule has 0 saturated carbocycles. The number of ether oxygens (including phenoxy) is 2. The van der Waals surface area contributed by atoms with Gasteiger partial charge < -0.3 is 14.8 Å². The molecular formula is C23H25N3O6. The average molecular weight is 439 g/mol. The summed E-state index contributed by atoms with van der Waals surface area (Å²) in [4.78, 5) is 38.0. The van der Waals surface area contributed by atoms with E-state index in [0.29, 0.717) is 22.4 Å². The second-order valence-corrected chi connectivity index (χ2v) is 9.23. The normalized spacial score (nSPS) is 20.6. The van der Waals surface area contributed by atoms with E-state index >= 15 is 0 Å². The van der Waals surface area contributed by atoms with Gasteiger partial charge >= 0.3 is 6.03 Å². The van der Waals surface area contributed by atoms with Gasteiger partial charge in [0, 0.05) is 23.3 Å². The third-order valence-corrected chi connectivity index (χ3v) is 5.91. The third-order valence-electron chi connectivity index (χ3n) is 5.91. The zero-order chi connectivity index (χ0) is 23.3. The summed E-state index contributed by atoms with van der Waals surface area (Å²) in [6.07, 6.45) is 0. The largest absolute Gasteiger partial charge is 0.467 e. The Morgan fingerprint density at radius 2 is 1.88 bits per heavy atom. The first-order chi connectivity index (χ1) is 15.0. The molecule has 4 rings (SSSR count). The highest BCUT2D eigenvalue weighted by Gasteiger charge is 2.49. The van der Waals surface area contributed by atoms with Crippen LogP contribution in [0.15, 0.2) is 36.4 Å². The molecule has 9 heteroatoms. The van der Waals surface area contributed by atoms with Gasteiger partial charge in [-0.3, -0.25) is 19.8 Å². The number of rotatable bonds is 4. The molecule has 0 aliphatic carbocycles. The molecule has 0 aromatic heterocycles. The maximum atomic E-state index is 13.4. The molecule has 168 valence electrons. The molecule has 1 saturated heterocycles. The van der Waals surface area contributed by atoms with Crippen LogP contribution in [-0.4, -0.2) is 28.6 Å². The van der Waals surface area contributed by atoms with Gasteiger partial charge in [0.2, 0.25) is 0 Å². The van der Waals surface area contributed by atoms with Crippen LogP contribution in [0, 0.1) is 10.1 Å². The number of urea groups is 1. The van der Waals surface area contributed by atoms with Gasteiger partial charge in [0.1, 0.15) is 11.3 Å². The molecular weight excluding hydrogens is 414 g/mol. The van der Waals surface area contributed by atoms with Crippen molar-refractivity contribution in [1.29, 1.82) is 0 Å². The van der Waals surface area contributed by atoms with E-state index in [9.17, 15) is 19.7 Å². The topological polar surface area (TPSA) is 111 Å². The number of amides is 3. The highest BCUT2D eigenvalue weighted by Crippen LogP contribution is 2.36. The SMILES string of the molecule is CC(C)(C)c1ccc([C@]2(C)NC(=O)N(Cc3cc([N+](=O)[O-])cc4c3OCOC4)C2=O)cc1. The first-order valence-electron chi connectivity index (χ1n) is 10.3. The van der Waals surface area contributed by atoms with Crippen molar-refractivity contribution in [3.8, 4) is 5.75 Å². The predicted octanol–water partition coefficient (Wildman–Crippen LogP) is 3.73. The smallest absolute Gasteiger partial charge is 0.325 e. The molecule has 0 radical (unpaired) electrons. The van der Waals surface area contributed by atoms with Crippen molar-refractivity contribution in [2.75, 3.05) is 6.79 Å². The lowest BCUT2D eigenvalue weighted by atomic mass is 9.84. The van der Waals surface area contributed by atoms with Crippen LogP contribution in [0.2, 0.25) is 0 Å². The van der Waals surface area contributed by atoms with Crippen molar-refractivity contribution in [2.45, 2.75) is 51.8 Å². The summed E-state index contributed by atoms with van der Waals surface area (Å²) in [5.41, 5.74) is 1.23. The second kappa shape index (κ2) is 7.59. The highest BCUT2D eigenvalue weighted by molar-refractivity contribution is 6.07. The van der Waals surface area contributed by atoms with Gasteiger partial charge in [0.15, 0.2) is 6.79 Å². The van der Waals surface area contributed by atoms with Crippen LogP contribution in [0.4, 0.5) is 10.5 Å². The molecule has 2 heterocycles. The molecule has 2 aliphatic rings. The number of hydrogen-bond acceptors (Lipinski definition) is 6. The van der Waals surface area contributed by atoms with Gasteiger partial charge in [0.05, 0.1) is 18.1 Å². The van der Waals surface area contributed by atoms with Gasteiger partial charge in [-0.15, -0.1) is 0 Å². The molecule has 0 bridgehead atoms. The number of nitro benzene ring substituents is 1. The van der Waals surface area contributed by atoms with E-state index in [4.69, 9.17) is 9.47 Å². The lowest BCUT2D eigenvalue weighted by Crippen LogP contribution is -2.40. The number of imide groups is 1. The van der Waals surface area contributed by atoms with Crippen LogP contribution in [0.5, 0.6) is 5.75 Å². The van der Waals surface area contributed by atoms with Gasteiger partial charge in [-0.05, 0) is 23.5 Å². The minimum Gasteiger partial charge on any atom is -0.467 e. The third kappa shape index (κ3) is 3.69. The molecule has 1 atom stereocenters. The Kier molecular flexibility index (Phi) is 5.16. The van der Waals surface area contributed by atoms with E-state index in [-0.39, 0.29) is 31.0 Å². The Morgan fingerprint density at radius 3 is 2.50 bits per heavy atom. The summed E-state index contributed by atoms with van der Waals surface area (Å²) < 4.78 is 10.8. The Bertz CT molecular complexity index is 1110. The Morgan fingerprint density at radius 1 is 1.19 bits per heavy atom. The van der Waals surface area contributed by atoms with E-state index in [1.54, 1.807) is 6.92 Å². The van der Waals surface area contributed by atoms with Crippen molar-refractivity contribution in [3.05, 3.63) is 68.8 Å². The minimum absolute atomic E-state index is 0.00417. The standard InChI is InChI=1S/C23H25N3O6/c1-22(2,3)16-5-7-17(8-6-16)23(4)20(27)25(21(28)24-23)11-14-9-18(26(29)30)10-15-12-31-13-32-19(14)15/h5-10H,11-13H2,1-4H3,(H,24,28)/t23-/m0/s1. The van der Waals surface area contributed by atoms with E-state index in [1.165, 1.54) is 12.1 Å². The molecule has 1 N–H and O–H groups in total. The summed E-state index contributed by atoms with van der Waals surface area (Å²) in [5, 5.41) is 14.1. The fourth-order valence-corrected chi connectivity index (χ4v) is 4.01. The van der Waals surface area contributed by atoms with Crippen molar-refractivity contribution < 1.29 is 24.0 Å². The average Bonchev–Trinajstić information content (AvgIpc) is 2.97. The van der Waals surface area contributed by atoms with Crippen molar-refractivity contribution in [2.24, 2.45) is 0 Å². The van der Waals surface area contributed by atoms with Gasteiger partial charge in [-0.1, -0.05) is 45.0 Å². The lowest BCUT2D eigenvalue weighted by Gasteiger charge is -2.25. The van der Waals surface area contributed by atoms with E-state index in [1.807, 2.05) is 24.3 Å². The first-order valence-corrected chi connectivity index (χ1v) is 10.3. The fourth-order valence-electron chi connectivity index (χ4n) is 4.01. The number of nitro groups is 1. The van der Waals surface area contributed by atoms with Crippen molar-refractivity contribution >= 4 is 17.6 Å². The zero-order valence-corrected chi connectivity index (χ0v) is 18.4. The molecule has 9 nitrogen and oxygen atoms in total. The number of nitrogens with zero attached hydrogens (tertiary/aromatic N) is 2. The van der Waals surface area contributed by atoms with Crippen LogP contribution in [0.1, 0.15) is 49.9 Å². The molecule has 2 aliphatic heterocycles. The summed E-state index contributed by atoms with van der Waals surface area (Å²) in [7, 11) is 0. The van der Waals surface area contributed by atoms with Crippen LogP contribution in [0.3, 0.4) is 0 Å². The number of fused-ring (bicyclic) bond motifs is 1. The Hall–Kier alpha value is -3.46. The monoisotopic (exact) mass is 439 g/mol. The molecule has 2 aromatic carbocycles. The zero-order valence-electron chi connectivity index (χ0n) is 18.4. The number of non-ortho nitro benzene ring substituents is 1. The number of benzene rings is 2. The van der Waals surface area contributed by atoms with Crippen LogP contribution in [0.25, 0.3) is 0 Å². The summed E-state index contributed by atoms with van der Waals surface area (Å²) in [6, 6.07) is 9.74. The van der Waals surface area contributed by atoms with Gasteiger partial charge in [-0.2, -0.15) is 0 Å². The van der Waals surface area contributed by atoms with Crippen LogP contribution in [-0.2, 0) is 33.6 Å². The lowest BCUT2D eigenvalue weighted by molar-refractivity contribution is -0.385. The number of hydrogen-bond donors (Lipinski definition) is 1. The van der Waals surface area contributed by atoms with E-state index < -0.39 is 22.4 Å². The number of carbonyl (C=O) groups excluding carboxylic acids is 2. The van der Waals surface area contributed by atoms with Crippen LogP contribution < -0.4 is 10.1 Å². The van der Waals surface area contributed by atoms with E-state index in [2.05, 4.69) is 26.1 Å². The first kappa shape index (κ1) is 21.8. The molecule has 0 unspecified atom stereocenters. The quantitative estimate of drug-likeness (QED) is 0.442. The highest BCUT2D eigenvalue weighted by atomic mass is 16.7. The van der Waals surface area contributed by atoms with Gasteiger partial charge in [0.25, 0.3) is 11.6 Å². The predicted molar refractivity (Wildman–Crippen MR) is 115 cm³/mol. The maximum Gasteiger partial charge on any atom is 0.325 e. The maximum absolute atomic E-state index is 13.4. The Labute approximate surface area is 185 Å². The number of nitrogens with one attached hydrogen (secondary N) is 1. The fraction of sp³-hybridized carbons (Fsp3) is 0.391. The van der Waals surface area contributed by atoms with Crippen molar-refractivity contribution in [3.63, 3.8) is 0 Å². The summed E-state index contributed by atoms with van der Waals surface area (Å²) >= 11 is 0. The molecule has 0 spiro atoms. The summed E-state index contributed by atoms with van der Waals surface area (Å²) in [5.74, 6) is -0.0242. The summed E-state index contributed by atoms with van der Waals surface area (Å²) in [6.45, 7) is 7.96. The molecule has 2 aromatic rings. The van der Waals surface area contributed by atoms with Gasteiger partial charge in [-0.25, -0.2) is 4.79 Å². The molecule has 3 amide bonds. The molecule has 1 fully saturated rings. The van der Waals surface area contributed by atoms with E-state index in [0.717, 1.165) is 10.5 Å². The Balaban J connectivity index is 1.66. The molecule has 32 heavy (non-hydrogen) atoms. The minimum atomic E-state index is -1.24. The van der Waals surface area contributed by atoms with Crippen LogP contribution >= 0.6 is 0 Å².